The first kappa shape index (κ1) is 15.3. The second kappa shape index (κ2) is 6.24. The molecule has 5 heteroatoms. The normalized spacial score (nSPS) is 25.9. The molecule has 0 bridgehead atoms. The molecule has 1 spiro atoms. The van der Waals surface area contributed by atoms with Crippen LogP contribution in [0.2, 0.25) is 0 Å². The summed E-state index contributed by atoms with van der Waals surface area (Å²) in [6.45, 7) is 4.03. The first-order valence-electron chi connectivity index (χ1n) is 7.95. The average Bonchev–Trinajstić information content (AvgIpc) is 2.91. The number of amides is 1. The van der Waals surface area contributed by atoms with Crippen LogP contribution in [0.15, 0.2) is 24.3 Å². The summed E-state index contributed by atoms with van der Waals surface area (Å²) < 4.78 is 18.5. The lowest BCUT2D eigenvalue weighted by Crippen LogP contribution is -2.48. The van der Waals surface area contributed by atoms with Crippen molar-refractivity contribution in [3.8, 4) is 5.75 Å². The molecule has 2 fully saturated rings. The highest BCUT2D eigenvalue weighted by Crippen LogP contribution is 2.39. The molecule has 0 unspecified atom stereocenters. The van der Waals surface area contributed by atoms with E-state index in [9.17, 15) is 9.18 Å². The minimum Gasteiger partial charge on any atom is -0.492 e. The molecule has 0 aromatic heterocycles. The molecule has 0 radical (unpaired) electrons. The number of likely N-dealkylation sites (tertiary alicyclic amines) is 2. The van der Waals surface area contributed by atoms with Crippen LogP contribution in [0.4, 0.5) is 4.39 Å². The summed E-state index contributed by atoms with van der Waals surface area (Å²) in [5.41, 5.74) is -0.164. The van der Waals surface area contributed by atoms with Crippen LogP contribution in [0.3, 0.4) is 0 Å². The molecule has 0 N–H and O–H groups in total. The van der Waals surface area contributed by atoms with Crippen LogP contribution in [0.5, 0.6) is 5.75 Å². The zero-order chi connectivity index (χ0) is 15.6. The van der Waals surface area contributed by atoms with Crippen molar-refractivity contribution in [3.63, 3.8) is 0 Å². The molecule has 1 aromatic carbocycles. The van der Waals surface area contributed by atoms with Crippen LogP contribution in [0.1, 0.15) is 19.3 Å². The summed E-state index contributed by atoms with van der Waals surface area (Å²) in [4.78, 5) is 16.6. The molecule has 22 heavy (non-hydrogen) atoms. The Morgan fingerprint density at radius 3 is 2.77 bits per heavy atom. The van der Waals surface area contributed by atoms with Gasteiger partial charge in [0.2, 0.25) is 5.91 Å². The number of rotatable bonds is 4. The molecule has 0 aliphatic carbocycles. The molecule has 0 saturated carbocycles. The van der Waals surface area contributed by atoms with Gasteiger partial charge in [0, 0.05) is 26.7 Å². The number of carbonyl (C=O) groups excluding carboxylic acids is 1. The van der Waals surface area contributed by atoms with Gasteiger partial charge in [0.25, 0.3) is 0 Å². The van der Waals surface area contributed by atoms with Crippen molar-refractivity contribution >= 4 is 5.91 Å². The quantitative estimate of drug-likeness (QED) is 0.854. The van der Waals surface area contributed by atoms with Crippen molar-refractivity contribution in [1.82, 2.24) is 9.80 Å². The second-order valence-corrected chi connectivity index (χ2v) is 6.44. The van der Waals surface area contributed by atoms with Gasteiger partial charge in [-0.3, -0.25) is 9.69 Å². The van der Waals surface area contributed by atoms with Gasteiger partial charge in [-0.1, -0.05) is 0 Å². The molecule has 2 aliphatic rings. The van der Waals surface area contributed by atoms with Gasteiger partial charge in [0.15, 0.2) is 0 Å². The first-order chi connectivity index (χ1) is 10.6. The number of benzene rings is 1. The van der Waals surface area contributed by atoms with Crippen molar-refractivity contribution in [2.24, 2.45) is 5.41 Å². The third kappa shape index (κ3) is 3.09. The maximum atomic E-state index is 12.8. The van der Waals surface area contributed by atoms with E-state index in [1.54, 1.807) is 12.1 Å². The predicted octanol–water partition coefficient (Wildman–Crippen LogP) is 2.15. The van der Waals surface area contributed by atoms with Crippen molar-refractivity contribution in [3.05, 3.63) is 30.1 Å². The largest absolute Gasteiger partial charge is 0.492 e. The fourth-order valence-corrected chi connectivity index (χ4v) is 3.62. The fraction of sp³-hybridized carbons (Fsp3) is 0.588. The molecule has 2 heterocycles. The van der Waals surface area contributed by atoms with E-state index in [-0.39, 0.29) is 11.2 Å². The summed E-state index contributed by atoms with van der Waals surface area (Å²) in [6.07, 6.45) is 3.06. The van der Waals surface area contributed by atoms with Crippen molar-refractivity contribution in [2.45, 2.75) is 19.3 Å². The third-order valence-corrected chi connectivity index (χ3v) is 4.87. The maximum Gasteiger partial charge on any atom is 0.229 e. The van der Waals surface area contributed by atoms with E-state index in [1.807, 2.05) is 11.9 Å². The van der Waals surface area contributed by atoms with Crippen LogP contribution in [0.25, 0.3) is 0 Å². The van der Waals surface area contributed by atoms with E-state index in [2.05, 4.69) is 4.90 Å². The number of halogens is 1. The zero-order valence-corrected chi connectivity index (χ0v) is 13.1. The number of piperidine rings is 1. The summed E-state index contributed by atoms with van der Waals surface area (Å²) in [6, 6.07) is 6.08. The van der Waals surface area contributed by atoms with Gasteiger partial charge in [-0.05, 0) is 50.1 Å². The molecular weight excluding hydrogens is 283 g/mol. The van der Waals surface area contributed by atoms with Gasteiger partial charge in [-0.15, -0.1) is 0 Å². The van der Waals surface area contributed by atoms with Crippen LogP contribution >= 0.6 is 0 Å². The lowest BCUT2D eigenvalue weighted by Gasteiger charge is -2.37. The van der Waals surface area contributed by atoms with Gasteiger partial charge < -0.3 is 9.64 Å². The SMILES string of the molecule is CN1CCC[C@@]2(CCN(CCOc3ccc(F)cc3)C2)C1=O. The Bertz CT molecular complexity index is 534. The number of hydrogen-bond donors (Lipinski definition) is 0. The van der Waals surface area contributed by atoms with Crippen LogP contribution < -0.4 is 4.74 Å². The molecule has 4 nitrogen and oxygen atoms in total. The Morgan fingerprint density at radius 1 is 1.23 bits per heavy atom. The van der Waals surface area contributed by atoms with E-state index < -0.39 is 0 Å². The third-order valence-electron chi connectivity index (χ3n) is 4.87. The smallest absolute Gasteiger partial charge is 0.229 e. The lowest BCUT2D eigenvalue weighted by atomic mass is 9.78. The van der Waals surface area contributed by atoms with Crippen LogP contribution in [0, 0.1) is 11.2 Å². The van der Waals surface area contributed by atoms with Crippen molar-refractivity contribution in [1.29, 1.82) is 0 Å². The second-order valence-electron chi connectivity index (χ2n) is 6.44. The summed E-state index contributed by atoms with van der Waals surface area (Å²) in [7, 11) is 1.91. The molecule has 2 saturated heterocycles. The number of nitrogens with zero attached hydrogens (tertiary/aromatic N) is 2. The highest BCUT2D eigenvalue weighted by Gasteiger charge is 2.47. The van der Waals surface area contributed by atoms with Crippen LogP contribution in [-0.2, 0) is 4.79 Å². The molecular formula is C17H23FN2O2. The topological polar surface area (TPSA) is 32.8 Å². The van der Waals surface area contributed by atoms with Gasteiger partial charge in [0.1, 0.15) is 18.2 Å². The Kier molecular flexibility index (Phi) is 4.34. The highest BCUT2D eigenvalue weighted by atomic mass is 19.1. The minimum atomic E-state index is -0.256. The monoisotopic (exact) mass is 306 g/mol. The van der Waals surface area contributed by atoms with E-state index in [0.717, 1.165) is 45.4 Å². The fourth-order valence-electron chi connectivity index (χ4n) is 3.62. The predicted molar refractivity (Wildman–Crippen MR) is 82.3 cm³/mol. The Hall–Kier alpha value is -1.62. The molecule has 2 aliphatic heterocycles. The Labute approximate surface area is 130 Å². The van der Waals surface area contributed by atoms with Gasteiger partial charge in [0.05, 0.1) is 5.41 Å². The number of hydrogen-bond acceptors (Lipinski definition) is 3. The molecule has 1 atom stereocenters. The van der Waals surface area contributed by atoms with E-state index in [4.69, 9.17) is 4.74 Å². The molecule has 120 valence electrons. The summed E-state index contributed by atoms with van der Waals surface area (Å²) in [5.74, 6) is 0.734. The number of carbonyl (C=O) groups is 1. The summed E-state index contributed by atoms with van der Waals surface area (Å²) in [5, 5.41) is 0. The maximum absolute atomic E-state index is 12.8. The Balaban J connectivity index is 1.49. The molecule has 1 amide bonds. The zero-order valence-electron chi connectivity index (χ0n) is 13.1. The van der Waals surface area contributed by atoms with Gasteiger partial charge in [-0.2, -0.15) is 0 Å². The highest BCUT2D eigenvalue weighted by molar-refractivity contribution is 5.83. The Morgan fingerprint density at radius 2 is 2.00 bits per heavy atom. The molecule has 1 aromatic rings. The lowest BCUT2D eigenvalue weighted by molar-refractivity contribution is -0.143. The van der Waals surface area contributed by atoms with E-state index >= 15 is 0 Å². The first-order valence-corrected chi connectivity index (χ1v) is 7.95. The van der Waals surface area contributed by atoms with E-state index in [0.29, 0.717) is 18.3 Å². The summed E-state index contributed by atoms with van der Waals surface area (Å²) >= 11 is 0. The van der Waals surface area contributed by atoms with Crippen molar-refractivity contribution < 1.29 is 13.9 Å². The van der Waals surface area contributed by atoms with Gasteiger partial charge >= 0.3 is 0 Å². The van der Waals surface area contributed by atoms with E-state index in [1.165, 1.54) is 12.1 Å². The minimum absolute atomic E-state index is 0.164. The average molecular weight is 306 g/mol. The van der Waals surface area contributed by atoms with Crippen LogP contribution in [-0.4, -0.2) is 55.5 Å². The standard InChI is InChI=1S/C17H23FN2O2/c1-19-9-2-7-17(16(19)21)8-10-20(13-17)11-12-22-15-5-3-14(18)4-6-15/h3-6H,2,7-13H2,1H3/t17-/m0/s1. The van der Waals surface area contributed by atoms with Gasteiger partial charge in [-0.25, -0.2) is 4.39 Å². The van der Waals surface area contributed by atoms with Crippen molar-refractivity contribution in [2.75, 3.05) is 39.8 Å². The number of ether oxygens (including phenoxy) is 1. The molecule has 3 rings (SSSR count).